The molecule has 2 nitrogen and oxygen atoms in total. The van der Waals surface area contributed by atoms with Crippen LogP contribution in [0.15, 0.2) is 33.6 Å². The van der Waals surface area contributed by atoms with E-state index in [2.05, 4.69) is 15.9 Å². The second-order valence-electron chi connectivity index (χ2n) is 1.89. The van der Waals surface area contributed by atoms with Gasteiger partial charge >= 0.3 is 10.2 Å². The van der Waals surface area contributed by atoms with E-state index in [4.69, 9.17) is 0 Å². The van der Waals surface area contributed by atoms with Crippen LogP contribution in [-0.2, 0) is 10.2 Å². The van der Waals surface area contributed by atoms with Gasteiger partial charge in [-0.1, -0.05) is 15.9 Å². The molecule has 0 amide bonds. The molecule has 0 aromatic heterocycles. The van der Waals surface area contributed by atoms with E-state index in [1.807, 2.05) is 0 Å². The Morgan fingerprint density at radius 3 is 2.00 bits per heavy atom. The molecule has 0 spiro atoms. The van der Waals surface area contributed by atoms with Crippen molar-refractivity contribution in [2.24, 2.45) is 0 Å². The Morgan fingerprint density at radius 2 is 1.64 bits per heavy atom. The zero-order valence-corrected chi connectivity index (χ0v) is 7.69. The fraction of sp³-hybridized carbons (Fsp3) is 0. The zero-order valence-electron chi connectivity index (χ0n) is 5.29. The highest BCUT2D eigenvalue weighted by Crippen LogP contribution is 2.15. The lowest BCUT2D eigenvalue weighted by molar-refractivity contribution is 0.552. The second-order valence-corrected chi connectivity index (χ2v) is 4.15. The van der Waals surface area contributed by atoms with E-state index in [0.29, 0.717) is 4.47 Å². The van der Waals surface area contributed by atoms with Crippen LogP contribution in [0.5, 0.6) is 0 Å². The number of halogens is 2. The standard InChI is InChI=1S/C6H4BrFO2S/c7-5-1-3-6(4-2-5)11(8,9)10/h1-4H. The van der Waals surface area contributed by atoms with Crippen LogP contribution in [0, 0.1) is 0 Å². The Labute approximate surface area is 72.4 Å². The third-order valence-corrected chi connectivity index (χ3v) is 2.46. The summed E-state index contributed by atoms with van der Waals surface area (Å²) in [5, 5.41) is 0. The third-order valence-electron chi connectivity index (χ3n) is 1.10. The monoisotopic (exact) mass is 238 g/mol. The van der Waals surface area contributed by atoms with Crippen molar-refractivity contribution in [1.29, 1.82) is 0 Å². The molecule has 1 aromatic rings. The summed E-state index contributed by atoms with van der Waals surface area (Å²) in [5.41, 5.74) is 0. The van der Waals surface area contributed by atoms with Gasteiger partial charge in [-0.2, -0.15) is 8.42 Å². The highest BCUT2D eigenvalue weighted by atomic mass is 79.9. The smallest absolute Gasteiger partial charge is 0.189 e. The molecule has 0 atom stereocenters. The molecular weight excluding hydrogens is 235 g/mol. The molecule has 11 heavy (non-hydrogen) atoms. The lowest BCUT2D eigenvalue weighted by atomic mass is 10.4. The molecule has 0 saturated heterocycles. The van der Waals surface area contributed by atoms with Gasteiger partial charge in [0.05, 0.1) is 4.90 Å². The maximum atomic E-state index is 12.2. The van der Waals surface area contributed by atoms with E-state index in [1.54, 1.807) is 0 Å². The van der Waals surface area contributed by atoms with Crippen LogP contribution in [0.1, 0.15) is 0 Å². The summed E-state index contributed by atoms with van der Waals surface area (Å²) in [6.07, 6.45) is 0. The molecule has 0 fully saturated rings. The highest BCUT2D eigenvalue weighted by Gasteiger charge is 2.09. The van der Waals surface area contributed by atoms with Crippen molar-refractivity contribution in [1.82, 2.24) is 0 Å². The average molecular weight is 239 g/mol. The predicted molar refractivity (Wildman–Crippen MR) is 42.4 cm³/mol. The van der Waals surface area contributed by atoms with Gasteiger partial charge in [0.15, 0.2) is 0 Å². The van der Waals surface area contributed by atoms with Crippen molar-refractivity contribution in [3.63, 3.8) is 0 Å². The largest absolute Gasteiger partial charge is 0.332 e. The van der Waals surface area contributed by atoms with Gasteiger partial charge in [0.1, 0.15) is 0 Å². The van der Waals surface area contributed by atoms with Gasteiger partial charge < -0.3 is 0 Å². The van der Waals surface area contributed by atoms with Crippen LogP contribution in [0.2, 0.25) is 0 Å². The van der Waals surface area contributed by atoms with Crippen molar-refractivity contribution >= 4 is 26.2 Å². The molecule has 0 aliphatic carbocycles. The van der Waals surface area contributed by atoms with E-state index in [1.165, 1.54) is 24.3 Å². The molecule has 0 aliphatic heterocycles. The fourth-order valence-corrected chi connectivity index (χ4v) is 1.32. The van der Waals surface area contributed by atoms with E-state index >= 15 is 0 Å². The van der Waals surface area contributed by atoms with Crippen LogP contribution < -0.4 is 0 Å². The van der Waals surface area contributed by atoms with Crippen LogP contribution in [0.3, 0.4) is 0 Å². The first-order valence-electron chi connectivity index (χ1n) is 2.70. The summed E-state index contributed by atoms with van der Waals surface area (Å²) in [6, 6.07) is 5.32. The number of benzene rings is 1. The molecule has 1 rings (SSSR count). The first-order valence-corrected chi connectivity index (χ1v) is 4.88. The Hall–Kier alpha value is -0.420. The van der Waals surface area contributed by atoms with E-state index < -0.39 is 10.2 Å². The molecule has 0 N–H and O–H groups in total. The van der Waals surface area contributed by atoms with Crippen molar-refractivity contribution in [3.05, 3.63) is 28.7 Å². The lowest BCUT2D eigenvalue weighted by Crippen LogP contribution is -1.89. The quantitative estimate of drug-likeness (QED) is 0.703. The minimum Gasteiger partial charge on any atom is -0.189 e. The molecular formula is C6H4BrFO2S. The first-order chi connectivity index (χ1) is 5.00. The van der Waals surface area contributed by atoms with Gasteiger partial charge in [-0.3, -0.25) is 0 Å². The third kappa shape index (κ3) is 2.27. The maximum Gasteiger partial charge on any atom is 0.332 e. The van der Waals surface area contributed by atoms with Crippen molar-refractivity contribution < 1.29 is 12.3 Å². The Bertz CT molecular complexity index is 343. The topological polar surface area (TPSA) is 34.1 Å². The summed E-state index contributed by atoms with van der Waals surface area (Å²) in [7, 11) is -4.54. The highest BCUT2D eigenvalue weighted by molar-refractivity contribution is 9.10. The van der Waals surface area contributed by atoms with E-state index in [-0.39, 0.29) is 4.90 Å². The number of rotatable bonds is 1. The lowest BCUT2D eigenvalue weighted by Gasteiger charge is -1.92. The van der Waals surface area contributed by atoms with Crippen molar-refractivity contribution in [3.8, 4) is 0 Å². The zero-order chi connectivity index (χ0) is 8.48. The van der Waals surface area contributed by atoms with Gasteiger partial charge in [-0.15, -0.1) is 3.89 Å². The average Bonchev–Trinajstić information content (AvgIpc) is 1.86. The molecule has 0 heterocycles. The normalized spacial score (nSPS) is 11.5. The molecule has 0 unspecified atom stereocenters. The van der Waals surface area contributed by atoms with E-state index in [0.717, 1.165) is 0 Å². The summed E-state index contributed by atoms with van der Waals surface area (Å²) >= 11 is 3.09. The summed E-state index contributed by atoms with van der Waals surface area (Å²) in [6.45, 7) is 0. The van der Waals surface area contributed by atoms with E-state index in [9.17, 15) is 12.3 Å². The SMILES string of the molecule is O=S(=O)(F)c1ccc(Br)cc1. The predicted octanol–water partition coefficient (Wildman–Crippen LogP) is 2.11. The first kappa shape index (κ1) is 8.67. The van der Waals surface area contributed by atoms with Crippen LogP contribution >= 0.6 is 15.9 Å². The fourth-order valence-electron chi connectivity index (χ4n) is 0.597. The summed E-state index contributed by atoms with van der Waals surface area (Å²) in [4.78, 5) is -0.319. The molecule has 0 saturated carbocycles. The van der Waals surface area contributed by atoms with Gasteiger partial charge in [0, 0.05) is 4.47 Å². The Morgan fingerprint density at radius 1 is 1.18 bits per heavy atom. The summed E-state index contributed by atoms with van der Waals surface area (Å²) in [5.74, 6) is 0. The Balaban J connectivity index is 3.20. The molecule has 0 aliphatic rings. The minimum atomic E-state index is -4.54. The van der Waals surface area contributed by atoms with Crippen molar-refractivity contribution in [2.45, 2.75) is 4.90 Å². The molecule has 60 valence electrons. The van der Waals surface area contributed by atoms with Gasteiger partial charge in [-0.25, -0.2) is 0 Å². The van der Waals surface area contributed by atoms with Crippen molar-refractivity contribution in [2.75, 3.05) is 0 Å². The van der Waals surface area contributed by atoms with Crippen LogP contribution in [0.25, 0.3) is 0 Å². The number of hydrogen-bond acceptors (Lipinski definition) is 2. The number of hydrogen-bond donors (Lipinski definition) is 0. The molecule has 0 radical (unpaired) electrons. The Kier molecular flexibility index (Phi) is 2.29. The second kappa shape index (κ2) is 2.91. The maximum absolute atomic E-state index is 12.2. The minimum absolute atomic E-state index is 0.319. The molecule has 1 aromatic carbocycles. The molecule has 5 heteroatoms. The molecule has 0 bridgehead atoms. The van der Waals surface area contributed by atoms with Gasteiger partial charge in [0.2, 0.25) is 0 Å². The van der Waals surface area contributed by atoms with Crippen LogP contribution in [-0.4, -0.2) is 8.42 Å². The van der Waals surface area contributed by atoms with Gasteiger partial charge in [0.25, 0.3) is 0 Å². The van der Waals surface area contributed by atoms with Crippen LogP contribution in [0.4, 0.5) is 3.89 Å². The summed E-state index contributed by atoms with van der Waals surface area (Å²) < 4.78 is 33.4. The van der Waals surface area contributed by atoms with Gasteiger partial charge in [-0.05, 0) is 24.3 Å².